The summed E-state index contributed by atoms with van der Waals surface area (Å²) in [4.78, 5) is 0. The zero-order chi connectivity index (χ0) is 14.7. The number of aliphatic hydroxyl groups is 1. The molecule has 4 rings (SSSR count). The van der Waals surface area contributed by atoms with Crippen molar-refractivity contribution in [2.75, 3.05) is 0 Å². The van der Waals surface area contributed by atoms with Crippen molar-refractivity contribution in [2.45, 2.75) is 62.9 Å². The van der Waals surface area contributed by atoms with Crippen molar-refractivity contribution >= 4 is 0 Å². The predicted molar refractivity (Wildman–Crippen MR) is 81.8 cm³/mol. The first kappa shape index (κ1) is 13.3. The van der Waals surface area contributed by atoms with Gasteiger partial charge in [-0.1, -0.05) is 25.8 Å². The van der Waals surface area contributed by atoms with E-state index < -0.39 is 5.60 Å². The predicted octanol–water partition coefficient (Wildman–Crippen LogP) is 3.70. The van der Waals surface area contributed by atoms with E-state index >= 15 is 0 Å². The Labute approximate surface area is 126 Å². The largest absolute Gasteiger partial charge is 0.389 e. The molecule has 4 atom stereocenters. The van der Waals surface area contributed by atoms with Crippen LogP contribution in [0.15, 0.2) is 18.2 Å². The molecule has 2 fully saturated rings. The molecule has 0 heterocycles. The summed E-state index contributed by atoms with van der Waals surface area (Å²) in [6.45, 7) is 2.32. The van der Waals surface area contributed by atoms with E-state index in [1.54, 1.807) is 0 Å². The summed E-state index contributed by atoms with van der Waals surface area (Å²) in [6, 6.07) is 8.46. The Balaban J connectivity index is 1.96. The molecule has 1 N–H and O–H groups in total. The number of nitriles is 1. The van der Waals surface area contributed by atoms with E-state index in [1.165, 1.54) is 24.0 Å². The Kier molecular flexibility index (Phi) is 2.75. The van der Waals surface area contributed by atoms with Gasteiger partial charge in [0, 0.05) is 5.41 Å². The molecule has 2 saturated carbocycles. The third kappa shape index (κ3) is 1.56. The second-order valence-electron chi connectivity index (χ2n) is 7.52. The topological polar surface area (TPSA) is 44.0 Å². The number of nitrogens with zero attached hydrogens (tertiary/aromatic N) is 1. The highest BCUT2D eigenvalue weighted by Crippen LogP contribution is 2.62. The Bertz CT molecular complexity index is 631. The molecule has 110 valence electrons. The van der Waals surface area contributed by atoms with Crippen LogP contribution in [0.25, 0.3) is 0 Å². The van der Waals surface area contributed by atoms with Crippen LogP contribution in [0.5, 0.6) is 0 Å². The van der Waals surface area contributed by atoms with Crippen molar-refractivity contribution in [1.82, 2.24) is 0 Å². The van der Waals surface area contributed by atoms with Crippen molar-refractivity contribution in [1.29, 1.82) is 5.26 Å². The first-order valence-electron chi connectivity index (χ1n) is 8.37. The Hall–Kier alpha value is -1.33. The monoisotopic (exact) mass is 281 g/mol. The smallest absolute Gasteiger partial charge is 0.0991 e. The first-order chi connectivity index (χ1) is 10.1. The van der Waals surface area contributed by atoms with Gasteiger partial charge in [-0.2, -0.15) is 5.26 Å². The van der Waals surface area contributed by atoms with Gasteiger partial charge in [-0.05, 0) is 67.2 Å². The molecule has 0 radical (unpaired) electrons. The minimum atomic E-state index is -0.538. The number of hydrogen-bond acceptors (Lipinski definition) is 2. The Morgan fingerprint density at radius 2 is 2.05 bits per heavy atom. The normalized spacial score (nSPS) is 40.8. The quantitative estimate of drug-likeness (QED) is 0.788. The van der Waals surface area contributed by atoms with Crippen LogP contribution < -0.4 is 0 Å². The third-order valence-corrected chi connectivity index (χ3v) is 6.76. The molecule has 0 aromatic heterocycles. The van der Waals surface area contributed by atoms with Gasteiger partial charge in [-0.3, -0.25) is 0 Å². The lowest BCUT2D eigenvalue weighted by Gasteiger charge is -2.62. The molecule has 1 unspecified atom stereocenters. The number of hydrogen-bond donors (Lipinski definition) is 1. The molecule has 2 bridgehead atoms. The van der Waals surface area contributed by atoms with Crippen molar-refractivity contribution in [3.05, 3.63) is 34.9 Å². The number of benzene rings is 1. The molecule has 0 amide bonds. The molecule has 0 aliphatic heterocycles. The molecular weight excluding hydrogens is 258 g/mol. The van der Waals surface area contributed by atoms with E-state index in [2.05, 4.69) is 25.1 Å². The third-order valence-electron chi connectivity index (χ3n) is 6.76. The fourth-order valence-corrected chi connectivity index (χ4v) is 5.68. The lowest BCUT2D eigenvalue weighted by molar-refractivity contribution is -0.162. The fourth-order valence-electron chi connectivity index (χ4n) is 5.68. The molecule has 1 aromatic rings. The summed E-state index contributed by atoms with van der Waals surface area (Å²) in [7, 11) is 0. The standard InChI is InChI=1S/C19H23NO/c1-13-6-9-18-7-2-3-8-19(18,21)16(13)11-15-5-4-14(12-20)10-17(15)18/h4-5,10,13,16,21H,2-3,6-9,11H2,1H3/t13?,16-,18-,19+/m0/s1. The van der Waals surface area contributed by atoms with Crippen LogP contribution in [-0.4, -0.2) is 10.7 Å². The molecule has 2 nitrogen and oxygen atoms in total. The molecule has 1 aromatic carbocycles. The highest BCUT2D eigenvalue weighted by molar-refractivity contribution is 5.48. The summed E-state index contributed by atoms with van der Waals surface area (Å²) >= 11 is 0. The van der Waals surface area contributed by atoms with E-state index in [0.29, 0.717) is 11.8 Å². The van der Waals surface area contributed by atoms with Crippen molar-refractivity contribution in [2.24, 2.45) is 11.8 Å². The summed E-state index contributed by atoms with van der Waals surface area (Å²) in [5.74, 6) is 0.997. The van der Waals surface area contributed by atoms with Crippen LogP contribution in [0.4, 0.5) is 0 Å². The van der Waals surface area contributed by atoms with Gasteiger partial charge in [0.25, 0.3) is 0 Å². The zero-order valence-corrected chi connectivity index (χ0v) is 12.7. The molecule has 21 heavy (non-hydrogen) atoms. The highest BCUT2D eigenvalue weighted by atomic mass is 16.3. The molecular formula is C19H23NO. The maximum atomic E-state index is 11.7. The lowest BCUT2D eigenvalue weighted by atomic mass is 9.44. The van der Waals surface area contributed by atoms with Crippen LogP contribution >= 0.6 is 0 Å². The second kappa shape index (κ2) is 4.34. The van der Waals surface area contributed by atoms with Gasteiger partial charge in [0.05, 0.1) is 17.2 Å². The van der Waals surface area contributed by atoms with E-state index in [9.17, 15) is 10.4 Å². The zero-order valence-electron chi connectivity index (χ0n) is 12.7. The van der Waals surface area contributed by atoms with E-state index in [-0.39, 0.29) is 5.41 Å². The van der Waals surface area contributed by atoms with Gasteiger partial charge in [0.15, 0.2) is 0 Å². The maximum absolute atomic E-state index is 11.7. The highest BCUT2D eigenvalue weighted by Gasteiger charge is 2.62. The second-order valence-corrected chi connectivity index (χ2v) is 7.52. The molecule has 3 aliphatic rings. The van der Waals surface area contributed by atoms with Gasteiger partial charge in [0.2, 0.25) is 0 Å². The van der Waals surface area contributed by atoms with Crippen molar-refractivity contribution in [3.63, 3.8) is 0 Å². The van der Waals surface area contributed by atoms with Gasteiger partial charge in [-0.25, -0.2) is 0 Å². The summed E-state index contributed by atoms with van der Waals surface area (Å²) in [6.07, 6.45) is 7.67. The lowest BCUT2D eigenvalue weighted by Crippen LogP contribution is -2.65. The van der Waals surface area contributed by atoms with Crippen LogP contribution in [0.2, 0.25) is 0 Å². The summed E-state index contributed by atoms with van der Waals surface area (Å²) in [5, 5.41) is 20.9. The molecule has 0 saturated heterocycles. The van der Waals surface area contributed by atoms with Crippen LogP contribution in [0, 0.1) is 23.2 Å². The minimum Gasteiger partial charge on any atom is -0.389 e. The molecule has 2 heteroatoms. The number of fused-ring (bicyclic) bond motifs is 1. The molecule has 0 spiro atoms. The minimum absolute atomic E-state index is 0.0805. The summed E-state index contributed by atoms with van der Waals surface area (Å²) < 4.78 is 0. The van der Waals surface area contributed by atoms with Crippen molar-refractivity contribution in [3.8, 4) is 6.07 Å². The van der Waals surface area contributed by atoms with Crippen LogP contribution in [0.3, 0.4) is 0 Å². The Morgan fingerprint density at radius 1 is 1.24 bits per heavy atom. The first-order valence-corrected chi connectivity index (χ1v) is 8.37. The molecule has 3 aliphatic carbocycles. The Morgan fingerprint density at radius 3 is 2.86 bits per heavy atom. The van der Waals surface area contributed by atoms with Gasteiger partial charge >= 0.3 is 0 Å². The average Bonchev–Trinajstić information content (AvgIpc) is 2.50. The van der Waals surface area contributed by atoms with Crippen molar-refractivity contribution < 1.29 is 5.11 Å². The average molecular weight is 281 g/mol. The van der Waals surface area contributed by atoms with Crippen LogP contribution in [-0.2, 0) is 11.8 Å². The van der Waals surface area contributed by atoms with Gasteiger partial charge in [0.1, 0.15) is 0 Å². The van der Waals surface area contributed by atoms with E-state index in [1.807, 2.05) is 6.07 Å². The fraction of sp³-hybridized carbons (Fsp3) is 0.632. The summed E-state index contributed by atoms with van der Waals surface area (Å²) in [5.41, 5.74) is 2.81. The SMILES string of the molecule is CC1CC[C@]23CCCC[C@@]2(O)[C@H]1Cc1ccc(C#N)cc13. The maximum Gasteiger partial charge on any atom is 0.0991 e. The van der Waals surface area contributed by atoms with Crippen LogP contribution in [0.1, 0.15) is 62.1 Å². The number of rotatable bonds is 0. The van der Waals surface area contributed by atoms with E-state index in [4.69, 9.17) is 0 Å². The van der Waals surface area contributed by atoms with E-state index in [0.717, 1.165) is 37.7 Å². The van der Waals surface area contributed by atoms with Gasteiger partial charge in [-0.15, -0.1) is 0 Å². The van der Waals surface area contributed by atoms with Gasteiger partial charge < -0.3 is 5.11 Å².